The van der Waals surface area contributed by atoms with E-state index in [9.17, 15) is 0 Å². The Morgan fingerprint density at radius 2 is 1.74 bits per heavy atom. The van der Waals surface area contributed by atoms with Crippen LogP contribution in [0.4, 0.5) is 11.6 Å². The third-order valence-electron chi connectivity index (χ3n) is 3.76. The van der Waals surface area contributed by atoms with Gasteiger partial charge in [-0.05, 0) is 17.8 Å². The summed E-state index contributed by atoms with van der Waals surface area (Å²) in [7, 11) is 0. The maximum absolute atomic E-state index is 8.63. The molecule has 1 aromatic heterocycles. The van der Waals surface area contributed by atoms with E-state index < -0.39 is 0 Å². The molecule has 0 aliphatic heterocycles. The molecule has 0 spiro atoms. The van der Waals surface area contributed by atoms with Crippen molar-refractivity contribution in [2.24, 2.45) is 10.8 Å². The quantitative estimate of drug-likeness (QED) is 0.643. The lowest BCUT2D eigenvalue weighted by Gasteiger charge is -2.39. The van der Waals surface area contributed by atoms with E-state index in [1.807, 2.05) is 13.1 Å². The van der Waals surface area contributed by atoms with Crippen LogP contribution in [0, 0.1) is 29.2 Å². The number of nitrogens with zero attached hydrogens (tertiary/aromatic N) is 3. The first-order valence-corrected chi connectivity index (χ1v) is 6.40. The monoisotopic (exact) mass is 261 g/mol. The molecule has 1 rings (SSSR count). The summed E-state index contributed by atoms with van der Waals surface area (Å²) in [5, 5.41) is 14.5. The Bertz CT molecular complexity index is 480. The first-order valence-electron chi connectivity index (χ1n) is 6.40. The maximum Gasteiger partial charge on any atom is 0.182 e. The van der Waals surface area contributed by atoms with Gasteiger partial charge in [0.1, 0.15) is 17.5 Å². The molecule has 0 fully saturated rings. The van der Waals surface area contributed by atoms with Crippen LogP contribution in [0.2, 0.25) is 0 Å². The zero-order valence-electron chi connectivity index (χ0n) is 12.6. The Morgan fingerprint density at radius 1 is 1.16 bits per heavy atom. The maximum atomic E-state index is 8.63. The fraction of sp³-hybridized carbons (Fsp3) is 0.643. The molecule has 0 radical (unpaired) electrons. The summed E-state index contributed by atoms with van der Waals surface area (Å²) in [6, 6.07) is 1.74. The van der Waals surface area contributed by atoms with Crippen molar-refractivity contribution >= 4 is 11.6 Å². The standard InChI is InChI=1S/C14H23N5/c1-10-18-11(7-12(19-10)17-9-15)16-8-14(5,6)13(2,3)4/h7H,8H2,1-6H3,(H2,16,17,18,19). The van der Waals surface area contributed by atoms with Crippen LogP contribution in [0.15, 0.2) is 6.07 Å². The van der Waals surface area contributed by atoms with Gasteiger partial charge in [-0.3, -0.25) is 5.32 Å². The second-order valence-electron chi connectivity index (χ2n) is 6.41. The van der Waals surface area contributed by atoms with E-state index in [2.05, 4.69) is 55.2 Å². The Balaban J connectivity index is 2.81. The molecule has 104 valence electrons. The molecule has 5 nitrogen and oxygen atoms in total. The highest BCUT2D eigenvalue weighted by atomic mass is 15.1. The van der Waals surface area contributed by atoms with Crippen LogP contribution in [0.3, 0.4) is 0 Å². The largest absolute Gasteiger partial charge is 0.369 e. The molecule has 0 bridgehead atoms. The summed E-state index contributed by atoms with van der Waals surface area (Å²) in [5.41, 5.74) is 0.310. The average Bonchev–Trinajstić information content (AvgIpc) is 2.25. The third kappa shape index (κ3) is 4.09. The van der Waals surface area contributed by atoms with Crippen molar-refractivity contribution in [1.29, 1.82) is 5.26 Å². The van der Waals surface area contributed by atoms with Crippen molar-refractivity contribution in [2.75, 3.05) is 17.2 Å². The van der Waals surface area contributed by atoms with Gasteiger partial charge in [-0.1, -0.05) is 34.6 Å². The minimum absolute atomic E-state index is 0.120. The summed E-state index contributed by atoms with van der Waals surface area (Å²) >= 11 is 0. The van der Waals surface area contributed by atoms with Gasteiger partial charge >= 0.3 is 0 Å². The molecule has 5 heteroatoms. The van der Waals surface area contributed by atoms with E-state index in [4.69, 9.17) is 5.26 Å². The number of aromatic nitrogens is 2. The number of hydrogen-bond donors (Lipinski definition) is 2. The van der Waals surface area contributed by atoms with Gasteiger partial charge in [-0.15, -0.1) is 0 Å². The van der Waals surface area contributed by atoms with E-state index in [1.165, 1.54) is 0 Å². The van der Waals surface area contributed by atoms with E-state index >= 15 is 0 Å². The van der Waals surface area contributed by atoms with Crippen molar-refractivity contribution in [3.63, 3.8) is 0 Å². The molecule has 0 aromatic carbocycles. The molecule has 1 heterocycles. The molecular weight excluding hydrogens is 238 g/mol. The van der Waals surface area contributed by atoms with Gasteiger partial charge in [0.2, 0.25) is 0 Å². The Hall–Kier alpha value is -1.83. The second-order valence-corrected chi connectivity index (χ2v) is 6.41. The molecule has 0 amide bonds. The van der Waals surface area contributed by atoms with Crippen LogP contribution >= 0.6 is 0 Å². The van der Waals surface area contributed by atoms with Crippen LogP contribution in [-0.4, -0.2) is 16.5 Å². The molecule has 0 saturated heterocycles. The molecule has 19 heavy (non-hydrogen) atoms. The highest BCUT2D eigenvalue weighted by Crippen LogP contribution is 2.37. The molecule has 0 unspecified atom stereocenters. The minimum atomic E-state index is 0.120. The first-order chi connectivity index (χ1) is 8.65. The van der Waals surface area contributed by atoms with Gasteiger partial charge in [-0.25, -0.2) is 9.97 Å². The zero-order chi connectivity index (χ0) is 14.7. The second kappa shape index (κ2) is 5.43. The van der Waals surface area contributed by atoms with Gasteiger partial charge in [0.15, 0.2) is 6.19 Å². The number of rotatable bonds is 4. The van der Waals surface area contributed by atoms with Crippen LogP contribution in [0.5, 0.6) is 0 Å². The minimum Gasteiger partial charge on any atom is -0.369 e. The van der Waals surface area contributed by atoms with Gasteiger partial charge in [0.05, 0.1) is 0 Å². The van der Waals surface area contributed by atoms with Crippen molar-refractivity contribution in [3.05, 3.63) is 11.9 Å². The van der Waals surface area contributed by atoms with E-state index in [0.29, 0.717) is 11.6 Å². The predicted molar refractivity (Wildman–Crippen MR) is 77.7 cm³/mol. The smallest absolute Gasteiger partial charge is 0.182 e. The normalized spacial score (nSPS) is 11.8. The molecule has 0 aliphatic carbocycles. The summed E-state index contributed by atoms with van der Waals surface area (Å²) in [6.07, 6.45) is 1.87. The van der Waals surface area contributed by atoms with Crippen LogP contribution in [-0.2, 0) is 0 Å². The van der Waals surface area contributed by atoms with Gasteiger partial charge in [-0.2, -0.15) is 5.26 Å². The van der Waals surface area contributed by atoms with Crippen molar-refractivity contribution in [1.82, 2.24) is 9.97 Å². The number of nitrogens with one attached hydrogen (secondary N) is 2. The van der Waals surface area contributed by atoms with Crippen molar-refractivity contribution in [2.45, 2.75) is 41.5 Å². The average molecular weight is 261 g/mol. The van der Waals surface area contributed by atoms with Gasteiger partial charge < -0.3 is 5.32 Å². The summed E-state index contributed by atoms with van der Waals surface area (Å²) < 4.78 is 0. The first kappa shape index (κ1) is 15.2. The van der Waals surface area contributed by atoms with Gasteiger partial charge in [0.25, 0.3) is 0 Å². The predicted octanol–water partition coefficient (Wildman–Crippen LogP) is 3.16. The molecule has 0 aliphatic rings. The zero-order valence-corrected chi connectivity index (χ0v) is 12.6. The Morgan fingerprint density at radius 3 is 2.26 bits per heavy atom. The van der Waals surface area contributed by atoms with Crippen molar-refractivity contribution < 1.29 is 0 Å². The SMILES string of the molecule is Cc1nc(NC#N)cc(NCC(C)(C)C(C)(C)C)n1. The fourth-order valence-corrected chi connectivity index (χ4v) is 1.36. The highest BCUT2D eigenvalue weighted by molar-refractivity contribution is 5.49. The molecule has 1 aromatic rings. The lowest BCUT2D eigenvalue weighted by atomic mass is 9.69. The lowest BCUT2D eigenvalue weighted by molar-refractivity contribution is 0.148. The third-order valence-corrected chi connectivity index (χ3v) is 3.76. The molecular formula is C14H23N5. The Kier molecular flexibility index (Phi) is 4.35. The lowest BCUT2D eigenvalue weighted by Crippen LogP contribution is -2.36. The summed E-state index contributed by atoms with van der Waals surface area (Å²) in [5.74, 6) is 1.89. The van der Waals surface area contributed by atoms with Gasteiger partial charge in [0, 0.05) is 12.6 Å². The van der Waals surface area contributed by atoms with E-state index in [-0.39, 0.29) is 10.8 Å². The van der Waals surface area contributed by atoms with Crippen molar-refractivity contribution in [3.8, 4) is 6.19 Å². The van der Waals surface area contributed by atoms with Crippen LogP contribution in [0.1, 0.15) is 40.4 Å². The number of hydrogen-bond acceptors (Lipinski definition) is 5. The van der Waals surface area contributed by atoms with Crippen LogP contribution < -0.4 is 10.6 Å². The summed E-state index contributed by atoms with van der Waals surface area (Å²) in [6.45, 7) is 13.7. The number of anilines is 2. The molecule has 2 N–H and O–H groups in total. The highest BCUT2D eigenvalue weighted by Gasteiger charge is 2.32. The van der Waals surface area contributed by atoms with E-state index in [1.54, 1.807) is 6.07 Å². The molecule has 0 saturated carbocycles. The number of nitriles is 1. The van der Waals surface area contributed by atoms with Crippen LogP contribution in [0.25, 0.3) is 0 Å². The Labute approximate surface area is 115 Å². The summed E-state index contributed by atoms with van der Waals surface area (Å²) in [4.78, 5) is 8.46. The molecule has 0 atom stereocenters. The number of aryl methyl sites for hydroxylation is 1. The van der Waals surface area contributed by atoms with E-state index in [0.717, 1.165) is 12.4 Å². The fourth-order valence-electron chi connectivity index (χ4n) is 1.36. The topological polar surface area (TPSA) is 73.6 Å².